The van der Waals surface area contributed by atoms with Crippen molar-refractivity contribution in [1.29, 1.82) is 0 Å². The van der Waals surface area contributed by atoms with Crippen LogP contribution in [0.3, 0.4) is 0 Å². The zero-order valence-corrected chi connectivity index (χ0v) is 30.5. The van der Waals surface area contributed by atoms with Crippen LogP contribution in [0.4, 0.5) is 8.78 Å². The van der Waals surface area contributed by atoms with E-state index in [2.05, 4.69) is 91.8 Å². The lowest BCUT2D eigenvalue weighted by Gasteiger charge is -2.22. The molecular formula is C40H38F2N2S3. The minimum atomic E-state index is -0.294. The minimum absolute atomic E-state index is 0.128. The van der Waals surface area contributed by atoms with Crippen LogP contribution in [-0.2, 0) is 23.7 Å². The van der Waals surface area contributed by atoms with Gasteiger partial charge in [-0.15, -0.1) is 22.7 Å². The van der Waals surface area contributed by atoms with Crippen molar-refractivity contribution in [2.75, 3.05) is 0 Å². The van der Waals surface area contributed by atoms with E-state index in [-0.39, 0.29) is 22.5 Å². The molecule has 2 nitrogen and oxygen atoms in total. The van der Waals surface area contributed by atoms with E-state index in [1.165, 1.54) is 22.9 Å². The first-order valence-electron chi connectivity index (χ1n) is 16.5. The largest absolute Gasteiger partial charge is 0.206 e. The molecule has 0 saturated carbocycles. The second-order valence-electron chi connectivity index (χ2n) is 15.3. The standard InChI is InChI=1S/C40H38F2N2S3/c1-19(2)11-21-13-25-33(29(41)15-21)37-27(39(25,5)6)17-31(45-37)23-9-10-24(36-35(23)43-47-44-36)32-18-28-38(46-32)34-26(40(28,7)8)14-22(12-20(3)4)16-30(34)42/h9-10,13-20H,11-12H2,1-8H3. The molecule has 7 heteroatoms. The Morgan fingerprint density at radius 1 is 0.596 bits per heavy atom. The fourth-order valence-electron chi connectivity index (χ4n) is 7.85. The fraction of sp³-hybridized carbons (Fsp3) is 0.350. The summed E-state index contributed by atoms with van der Waals surface area (Å²) in [5.74, 6) is 0.682. The smallest absolute Gasteiger partial charge is 0.132 e. The lowest BCUT2D eigenvalue weighted by molar-refractivity contribution is 0.604. The van der Waals surface area contributed by atoms with E-state index in [9.17, 15) is 0 Å². The lowest BCUT2D eigenvalue weighted by Crippen LogP contribution is -2.15. The lowest BCUT2D eigenvalue weighted by atomic mass is 9.81. The Labute approximate surface area is 287 Å². The highest BCUT2D eigenvalue weighted by atomic mass is 32.1. The van der Waals surface area contributed by atoms with E-state index in [4.69, 9.17) is 8.75 Å². The average molecular weight is 681 g/mol. The molecule has 3 aromatic heterocycles. The van der Waals surface area contributed by atoms with E-state index in [1.54, 1.807) is 34.8 Å². The maximum absolute atomic E-state index is 15.8. The topological polar surface area (TPSA) is 25.8 Å². The SMILES string of the molecule is CC(C)Cc1cc(F)c2c(c1)C(C)(C)c1cc(-c3ccc(-c4cc5c(s4)-c4c(F)cc(CC(C)C)cc4C5(C)C)c4nsnc34)sc1-2. The molecular weight excluding hydrogens is 643 g/mol. The molecule has 3 heterocycles. The third kappa shape index (κ3) is 4.63. The Hall–Kier alpha value is -3.26. The van der Waals surface area contributed by atoms with Gasteiger partial charge in [0, 0.05) is 52.6 Å². The van der Waals surface area contributed by atoms with Crippen LogP contribution in [0.2, 0.25) is 0 Å². The maximum Gasteiger partial charge on any atom is 0.132 e. The monoisotopic (exact) mass is 680 g/mol. The molecule has 0 saturated heterocycles. The van der Waals surface area contributed by atoms with Crippen LogP contribution in [0.15, 0.2) is 48.5 Å². The van der Waals surface area contributed by atoms with Crippen molar-refractivity contribution in [3.05, 3.63) is 93.5 Å². The van der Waals surface area contributed by atoms with E-state index >= 15 is 8.78 Å². The molecule has 0 unspecified atom stereocenters. The zero-order chi connectivity index (χ0) is 33.2. The van der Waals surface area contributed by atoms with Gasteiger partial charge in [-0.1, -0.05) is 79.7 Å². The summed E-state index contributed by atoms with van der Waals surface area (Å²) < 4.78 is 41.1. The molecule has 0 fully saturated rings. The van der Waals surface area contributed by atoms with Crippen molar-refractivity contribution in [2.45, 2.75) is 79.1 Å². The summed E-state index contributed by atoms with van der Waals surface area (Å²) >= 11 is 4.51. The molecule has 0 N–H and O–H groups in total. The number of hydrogen-bond acceptors (Lipinski definition) is 5. The number of nitrogens with zero attached hydrogens (tertiary/aromatic N) is 2. The highest BCUT2D eigenvalue weighted by molar-refractivity contribution is 7.19. The van der Waals surface area contributed by atoms with Crippen LogP contribution in [0, 0.1) is 23.5 Å². The number of aromatic nitrogens is 2. The summed E-state index contributed by atoms with van der Waals surface area (Å²) in [6, 6.07) is 16.7. The Bertz CT molecular complexity index is 2090. The van der Waals surface area contributed by atoms with Gasteiger partial charge in [0.15, 0.2) is 0 Å². The molecule has 0 spiro atoms. The average Bonchev–Trinajstić information content (AvgIpc) is 3.78. The molecule has 0 atom stereocenters. The Balaban J connectivity index is 1.20. The molecule has 0 aliphatic heterocycles. The molecule has 47 heavy (non-hydrogen) atoms. The summed E-state index contributed by atoms with van der Waals surface area (Å²) in [4.78, 5) is 4.18. The van der Waals surface area contributed by atoms with Gasteiger partial charge in [-0.25, -0.2) is 8.78 Å². The molecule has 240 valence electrons. The van der Waals surface area contributed by atoms with E-state index in [0.717, 1.165) is 87.9 Å². The van der Waals surface area contributed by atoms with Crippen molar-refractivity contribution >= 4 is 45.4 Å². The molecule has 8 rings (SSSR count). The molecule has 3 aromatic carbocycles. The minimum Gasteiger partial charge on any atom is -0.206 e. The van der Waals surface area contributed by atoms with Crippen LogP contribution >= 0.6 is 34.4 Å². The Morgan fingerprint density at radius 2 is 1.00 bits per heavy atom. The van der Waals surface area contributed by atoms with Gasteiger partial charge in [0.1, 0.15) is 22.7 Å². The summed E-state index contributed by atoms with van der Waals surface area (Å²) in [5, 5.41) is 0. The zero-order valence-electron chi connectivity index (χ0n) is 28.1. The van der Waals surface area contributed by atoms with E-state index in [1.807, 2.05) is 0 Å². The van der Waals surface area contributed by atoms with Crippen molar-refractivity contribution in [3.8, 4) is 41.8 Å². The molecule has 2 aliphatic rings. The molecule has 6 aromatic rings. The van der Waals surface area contributed by atoms with Gasteiger partial charge >= 0.3 is 0 Å². The first kappa shape index (κ1) is 31.0. The van der Waals surface area contributed by atoms with Crippen LogP contribution in [0.25, 0.3) is 52.8 Å². The van der Waals surface area contributed by atoms with Gasteiger partial charge in [-0.3, -0.25) is 0 Å². The quantitative estimate of drug-likeness (QED) is 0.175. The molecule has 2 aliphatic carbocycles. The number of rotatable bonds is 6. The van der Waals surface area contributed by atoms with Crippen LogP contribution in [-0.4, -0.2) is 8.75 Å². The fourth-order valence-corrected chi connectivity index (χ4v) is 11.2. The Kier molecular flexibility index (Phi) is 7.01. The van der Waals surface area contributed by atoms with Crippen molar-refractivity contribution in [1.82, 2.24) is 8.75 Å². The summed E-state index contributed by atoms with van der Waals surface area (Å²) in [7, 11) is 0. The van der Waals surface area contributed by atoms with Crippen LogP contribution < -0.4 is 0 Å². The highest BCUT2D eigenvalue weighted by Crippen LogP contribution is 2.57. The first-order valence-corrected chi connectivity index (χ1v) is 18.8. The van der Waals surface area contributed by atoms with E-state index in [0.29, 0.717) is 11.8 Å². The summed E-state index contributed by atoms with van der Waals surface area (Å²) in [6.45, 7) is 17.5. The number of benzene rings is 3. The number of hydrogen-bond donors (Lipinski definition) is 0. The van der Waals surface area contributed by atoms with Crippen molar-refractivity contribution in [2.24, 2.45) is 11.8 Å². The van der Waals surface area contributed by atoms with Crippen molar-refractivity contribution < 1.29 is 8.78 Å². The second kappa shape index (κ2) is 10.6. The molecule has 0 amide bonds. The first-order chi connectivity index (χ1) is 22.3. The van der Waals surface area contributed by atoms with Crippen molar-refractivity contribution in [3.63, 3.8) is 0 Å². The third-order valence-electron chi connectivity index (χ3n) is 10.1. The van der Waals surface area contributed by atoms with Crippen LogP contribution in [0.1, 0.15) is 88.8 Å². The molecule has 0 radical (unpaired) electrons. The van der Waals surface area contributed by atoms with Gasteiger partial charge in [0.25, 0.3) is 0 Å². The number of thiophene rings is 2. The summed E-state index contributed by atoms with van der Waals surface area (Å²) in [6.07, 6.45) is 1.73. The van der Waals surface area contributed by atoms with Gasteiger partial charge in [0.05, 0.1) is 11.7 Å². The Morgan fingerprint density at radius 3 is 1.38 bits per heavy atom. The van der Waals surface area contributed by atoms with Gasteiger partial charge in [-0.2, -0.15) is 8.75 Å². The third-order valence-corrected chi connectivity index (χ3v) is 13.0. The molecule has 0 bridgehead atoms. The number of fused-ring (bicyclic) bond motifs is 7. The normalized spacial score (nSPS) is 15.5. The van der Waals surface area contributed by atoms with E-state index < -0.39 is 0 Å². The van der Waals surface area contributed by atoms with Gasteiger partial charge in [-0.05, 0) is 82.3 Å². The van der Waals surface area contributed by atoms with Gasteiger partial charge in [0.2, 0.25) is 0 Å². The second-order valence-corrected chi connectivity index (χ2v) is 17.9. The maximum atomic E-state index is 15.8. The van der Waals surface area contributed by atoms with Gasteiger partial charge < -0.3 is 0 Å². The summed E-state index contributed by atoms with van der Waals surface area (Å²) in [5.41, 5.74) is 11.3. The predicted molar refractivity (Wildman–Crippen MR) is 196 cm³/mol. The van der Waals surface area contributed by atoms with Crippen LogP contribution in [0.5, 0.6) is 0 Å². The number of halogens is 2. The predicted octanol–water partition coefficient (Wildman–Crippen LogP) is 12.4. The highest BCUT2D eigenvalue weighted by Gasteiger charge is 2.41.